The molecule has 2 rings (SSSR count). The summed E-state index contributed by atoms with van der Waals surface area (Å²) in [5.41, 5.74) is 3.11. The zero-order chi connectivity index (χ0) is 15.9. The van der Waals surface area contributed by atoms with Crippen molar-refractivity contribution in [2.24, 2.45) is 0 Å². The molecule has 116 valence electrons. The van der Waals surface area contributed by atoms with Crippen molar-refractivity contribution < 1.29 is 9.53 Å². The quantitative estimate of drug-likeness (QED) is 0.851. The van der Waals surface area contributed by atoms with Gasteiger partial charge in [0.25, 0.3) is 5.91 Å². The van der Waals surface area contributed by atoms with Gasteiger partial charge in [-0.2, -0.15) is 0 Å². The highest BCUT2D eigenvalue weighted by molar-refractivity contribution is 5.91. The van der Waals surface area contributed by atoms with Crippen molar-refractivity contribution in [2.45, 2.75) is 33.1 Å². The van der Waals surface area contributed by atoms with Gasteiger partial charge < -0.3 is 10.1 Å². The fraction of sp³-hybridized carbons (Fsp3) is 0.316. The van der Waals surface area contributed by atoms with Crippen LogP contribution in [0.1, 0.15) is 37.3 Å². The molecule has 0 saturated heterocycles. The van der Waals surface area contributed by atoms with Crippen molar-refractivity contribution in [1.29, 1.82) is 0 Å². The number of hydrogen-bond acceptors (Lipinski definition) is 2. The van der Waals surface area contributed by atoms with Crippen LogP contribution in [0.15, 0.2) is 48.5 Å². The number of carbonyl (C=O) groups is 1. The number of benzene rings is 2. The second-order valence-corrected chi connectivity index (χ2v) is 5.53. The summed E-state index contributed by atoms with van der Waals surface area (Å²) in [7, 11) is 0. The molecule has 2 aromatic rings. The molecule has 0 aliphatic rings. The topological polar surface area (TPSA) is 38.3 Å². The zero-order valence-electron chi connectivity index (χ0n) is 13.4. The Kier molecular flexibility index (Phi) is 5.59. The Morgan fingerprint density at radius 2 is 1.82 bits per heavy atom. The van der Waals surface area contributed by atoms with E-state index in [1.165, 1.54) is 5.56 Å². The Bertz CT molecular complexity index is 620. The highest BCUT2D eigenvalue weighted by Gasteiger charge is 2.06. The molecule has 0 bridgehead atoms. The van der Waals surface area contributed by atoms with Crippen LogP contribution in [0, 0.1) is 6.92 Å². The molecule has 0 aliphatic heterocycles. The SMILES string of the molecule is CCC(C)c1ccc(NC(=O)COc2ccccc2C)cc1. The van der Waals surface area contributed by atoms with Crippen molar-refractivity contribution in [3.8, 4) is 5.75 Å². The van der Waals surface area contributed by atoms with Crippen LogP contribution < -0.4 is 10.1 Å². The number of anilines is 1. The summed E-state index contributed by atoms with van der Waals surface area (Å²) >= 11 is 0. The molecule has 2 aromatic carbocycles. The first-order valence-corrected chi connectivity index (χ1v) is 7.68. The van der Waals surface area contributed by atoms with Gasteiger partial charge in [-0.1, -0.05) is 44.2 Å². The lowest BCUT2D eigenvalue weighted by Crippen LogP contribution is -2.20. The molecule has 0 fully saturated rings. The molecule has 1 unspecified atom stereocenters. The predicted molar refractivity (Wildman–Crippen MR) is 90.5 cm³/mol. The highest BCUT2D eigenvalue weighted by atomic mass is 16.5. The molecular weight excluding hydrogens is 274 g/mol. The standard InChI is InChI=1S/C19H23NO2/c1-4-14(2)16-9-11-17(12-10-16)20-19(21)13-22-18-8-6-5-7-15(18)3/h5-12,14H,4,13H2,1-3H3,(H,20,21). The molecule has 0 spiro atoms. The third kappa shape index (κ3) is 4.35. The minimum Gasteiger partial charge on any atom is -0.483 e. The number of nitrogens with one attached hydrogen (secondary N) is 1. The van der Waals surface area contributed by atoms with Gasteiger partial charge in [-0.15, -0.1) is 0 Å². The number of ether oxygens (including phenoxy) is 1. The van der Waals surface area contributed by atoms with Crippen LogP contribution in [0.2, 0.25) is 0 Å². The van der Waals surface area contributed by atoms with Crippen LogP contribution >= 0.6 is 0 Å². The van der Waals surface area contributed by atoms with Crippen LogP contribution in [0.4, 0.5) is 5.69 Å². The number of carbonyl (C=O) groups excluding carboxylic acids is 1. The Hall–Kier alpha value is -2.29. The van der Waals surface area contributed by atoms with Crippen LogP contribution in [-0.2, 0) is 4.79 Å². The van der Waals surface area contributed by atoms with Crippen molar-refractivity contribution in [2.75, 3.05) is 11.9 Å². The zero-order valence-corrected chi connectivity index (χ0v) is 13.4. The first-order chi connectivity index (χ1) is 10.6. The third-order valence-corrected chi connectivity index (χ3v) is 3.83. The summed E-state index contributed by atoms with van der Waals surface area (Å²) in [6.45, 7) is 6.34. The number of para-hydroxylation sites is 1. The molecule has 0 saturated carbocycles. The van der Waals surface area contributed by atoms with Gasteiger partial charge in [-0.25, -0.2) is 0 Å². The minimum absolute atomic E-state index is 0.0119. The summed E-state index contributed by atoms with van der Waals surface area (Å²) in [5.74, 6) is 1.12. The average molecular weight is 297 g/mol. The molecule has 0 aromatic heterocycles. The maximum Gasteiger partial charge on any atom is 0.262 e. The van der Waals surface area contributed by atoms with E-state index in [2.05, 4.69) is 31.3 Å². The van der Waals surface area contributed by atoms with E-state index in [0.717, 1.165) is 23.4 Å². The van der Waals surface area contributed by atoms with E-state index in [4.69, 9.17) is 4.74 Å². The van der Waals surface area contributed by atoms with Gasteiger partial charge in [0.15, 0.2) is 6.61 Å². The normalized spacial score (nSPS) is 11.8. The number of rotatable bonds is 6. The van der Waals surface area contributed by atoms with E-state index in [1.807, 2.05) is 43.3 Å². The molecule has 3 nitrogen and oxygen atoms in total. The second kappa shape index (κ2) is 7.64. The third-order valence-electron chi connectivity index (χ3n) is 3.83. The van der Waals surface area contributed by atoms with Gasteiger partial charge in [-0.05, 0) is 48.6 Å². The monoisotopic (exact) mass is 297 g/mol. The first kappa shape index (κ1) is 16.1. The summed E-state index contributed by atoms with van der Waals surface area (Å²) < 4.78 is 5.54. The summed E-state index contributed by atoms with van der Waals surface area (Å²) in [6.07, 6.45) is 1.11. The lowest BCUT2D eigenvalue weighted by molar-refractivity contribution is -0.118. The summed E-state index contributed by atoms with van der Waals surface area (Å²) in [5, 5.41) is 2.85. The number of hydrogen-bond donors (Lipinski definition) is 1. The van der Waals surface area contributed by atoms with Crippen molar-refractivity contribution in [1.82, 2.24) is 0 Å². The Labute approximate surface area is 132 Å². The van der Waals surface area contributed by atoms with E-state index >= 15 is 0 Å². The lowest BCUT2D eigenvalue weighted by atomic mass is 9.99. The second-order valence-electron chi connectivity index (χ2n) is 5.53. The molecular formula is C19H23NO2. The van der Waals surface area contributed by atoms with E-state index in [1.54, 1.807) is 0 Å². The number of amides is 1. The smallest absolute Gasteiger partial charge is 0.262 e. The van der Waals surface area contributed by atoms with Crippen molar-refractivity contribution >= 4 is 11.6 Å². The average Bonchev–Trinajstić information content (AvgIpc) is 2.54. The summed E-state index contributed by atoms with van der Waals surface area (Å²) in [6, 6.07) is 15.7. The number of aryl methyl sites for hydroxylation is 1. The van der Waals surface area contributed by atoms with E-state index in [9.17, 15) is 4.79 Å². The molecule has 0 aliphatic carbocycles. The van der Waals surface area contributed by atoms with E-state index in [-0.39, 0.29) is 12.5 Å². The fourth-order valence-corrected chi connectivity index (χ4v) is 2.19. The molecule has 1 amide bonds. The molecule has 22 heavy (non-hydrogen) atoms. The maximum atomic E-state index is 11.9. The maximum absolute atomic E-state index is 11.9. The van der Waals surface area contributed by atoms with Crippen LogP contribution in [0.5, 0.6) is 5.75 Å². The van der Waals surface area contributed by atoms with Crippen LogP contribution in [0.3, 0.4) is 0 Å². The van der Waals surface area contributed by atoms with Crippen molar-refractivity contribution in [3.63, 3.8) is 0 Å². The highest BCUT2D eigenvalue weighted by Crippen LogP contribution is 2.20. The van der Waals surface area contributed by atoms with Crippen LogP contribution in [0.25, 0.3) is 0 Å². The van der Waals surface area contributed by atoms with Gasteiger partial charge in [0.2, 0.25) is 0 Å². The minimum atomic E-state index is -0.153. The van der Waals surface area contributed by atoms with Crippen molar-refractivity contribution in [3.05, 3.63) is 59.7 Å². The predicted octanol–water partition coefficient (Wildman–Crippen LogP) is 4.53. The van der Waals surface area contributed by atoms with Gasteiger partial charge >= 0.3 is 0 Å². The Balaban J connectivity index is 1.88. The fourth-order valence-electron chi connectivity index (χ4n) is 2.19. The lowest BCUT2D eigenvalue weighted by Gasteiger charge is -2.11. The molecule has 3 heteroatoms. The first-order valence-electron chi connectivity index (χ1n) is 7.68. The molecule has 1 N–H and O–H groups in total. The van der Waals surface area contributed by atoms with Gasteiger partial charge in [0.05, 0.1) is 0 Å². The Morgan fingerprint density at radius 3 is 2.45 bits per heavy atom. The van der Waals surface area contributed by atoms with Crippen LogP contribution in [-0.4, -0.2) is 12.5 Å². The Morgan fingerprint density at radius 1 is 1.14 bits per heavy atom. The summed E-state index contributed by atoms with van der Waals surface area (Å²) in [4.78, 5) is 11.9. The van der Waals surface area contributed by atoms with Gasteiger partial charge in [-0.3, -0.25) is 4.79 Å². The molecule has 1 atom stereocenters. The van der Waals surface area contributed by atoms with Gasteiger partial charge in [0.1, 0.15) is 5.75 Å². The molecule has 0 radical (unpaired) electrons. The largest absolute Gasteiger partial charge is 0.483 e. The van der Waals surface area contributed by atoms with Gasteiger partial charge in [0, 0.05) is 5.69 Å². The van der Waals surface area contributed by atoms with E-state index in [0.29, 0.717) is 5.92 Å². The molecule has 0 heterocycles. The van der Waals surface area contributed by atoms with E-state index < -0.39 is 0 Å².